The van der Waals surface area contributed by atoms with Crippen LogP contribution in [0, 0.1) is 6.92 Å². The van der Waals surface area contributed by atoms with Gasteiger partial charge in [-0.25, -0.2) is 9.69 Å². The molecular weight excluding hydrogens is 464 g/mol. The van der Waals surface area contributed by atoms with Crippen LogP contribution >= 0.6 is 0 Å². The van der Waals surface area contributed by atoms with Gasteiger partial charge in [-0.1, -0.05) is 42.0 Å². The molecule has 0 spiro atoms. The topological polar surface area (TPSA) is 125 Å². The van der Waals surface area contributed by atoms with Gasteiger partial charge in [-0.15, -0.1) is 0 Å². The fourth-order valence-electron chi connectivity index (χ4n) is 3.59. The molecule has 0 saturated carbocycles. The molecule has 3 aromatic rings. The fourth-order valence-corrected chi connectivity index (χ4v) is 3.59. The first-order chi connectivity index (χ1) is 17.3. The Morgan fingerprint density at radius 1 is 1.00 bits per heavy atom. The van der Waals surface area contributed by atoms with Gasteiger partial charge in [0.2, 0.25) is 0 Å². The number of benzene rings is 3. The largest absolute Gasteiger partial charge is 0.545 e. The summed E-state index contributed by atoms with van der Waals surface area (Å²) in [4.78, 5) is 49.8. The molecule has 0 bridgehead atoms. The zero-order valence-corrected chi connectivity index (χ0v) is 19.4. The van der Waals surface area contributed by atoms with Gasteiger partial charge in [0.1, 0.15) is 12.2 Å². The maximum absolute atomic E-state index is 13.1. The second-order valence-corrected chi connectivity index (χ2v) is 7.98. The third-order valence-electron chi connectivity index (χ3n) is 5.45. The molecule has 0 radical (unpaired) electrons. The fraction of sp³-hybridized carbons (Fsp3) is 0.111. The third kappa shape index (κ3) is 5.10. The van der Waals surface area contributed by atoms with Gasteiger partial charge in [-0.05, 0) is 60.0 Å². The van der Waals surface area contributed by atoms with Crippen LogP contribution < -0.4 is 24.8 Å². The normalized spacial score (nSPS) is 14.6. The van der Waals surface area contributed by atoms with Crippen molar-refractivity contribution in [2.75, 3.05) is 12.0 Å². The highest BCUT2D eigenvalue weighted by atomic mass is 16.5. The lowest BCUT2D eigenvalue weighted by Gasteiger charge is -2.26. The molecular formula is C27H21N2O7-. The number of rotatable bonds is 7. The Kier molecular flexibility index (Phi) is 6.82. The van der Waals surface area contributed by atoms with Gasteiger partial charge in [0, 0.05) is 0 Å². The van der Waals surface area contributed by atoms with Crippen LogP contribution in [-0.4, -0.2) is 30.9 Å². The van der Waals surface area contributed by atoms with Crippen LogP contribution in [0.1, 0.15) is 27.0 Å². The molecule has 9 nitrogen and oxygen atoms in total. The van der Waals surface area contributed by atoms with Gasteiger partial charge in [0.15, 0.2) is 11.5 Å². The van der Waals surface area contributed by atoms with Crippen LogP contribution in [0.2, 0.25) is 0 Å². The van der Waals surface area contributed by atoms with E-state index in [2.05, 4.69) is 5.32 Å². The highest BCUT2D eigenvalue weighted by Crippen LogP contribution is 2.30. The number of nitrogens with zero attached hydrogens (tertiary/aromatic N) is 1. The highest BCUT2D eigenvalue weighted by molar-refractivity contribution is 6.39. The number of anilines is 1. The van der Waals surface area contributed by atoms with Gasteiger partial charge in [0.25, 0.3) is 11.8 Å². The van der Waals surface area contributed by atoms with Gasteiger partial charge >= 0.3 is 6.03 Å². The maximum atomic E-state index is 13.1. The molecule has 0 aliphatic carbocycles. The number of barbiturate groups is 1. The maximum Gasteiger partial charge on any atom is 0.335 e. The van der Waals surface area contributed by atoms with Crippen molar-refractivity contribution in [2.45, 2.75) is 13.5 Å². The average molecular weight is 485 g/mol. The van der Waals surface area contributed by atoms with Gasteiger partial charge < -0.3 is 19.4 Å². The lowest BCUT2D eigenvalue weighted by molar-refractivity contribution is -0.255. The molecule has 1 aliphatic heterocycles. The smallest absolute Gasteiger partial charge is 0.335 e. The van der Waals surface area contributed by atoms with Crippen molar-refractivity contribution < 1.29 is 33.8 Å². The minimum Gasteiger partial charge on any atom is -0.545 e. The van der Waals surface area contributed by atoms with Crippen LogP contribution in [-0.2, 0) is 16.2 Å². The number of carboxylic acids is 1. The van der Waals surface area contributed by atoms with E-state index in [0.29, 0.717) is 28.3 Å². The van der Waals surface area contributed by atoms with Crippen molar-refractivity contribution in [3.05, 3.63) is 94.6 Å². The number of imide groups is 2. The molecule has 1 heterocycles. The van der Waals surface area contributed by atoms with Crippen LogP contribution in [0.4, 0.5) is 10.5 Å². The summed E-state index contributed by atoms with van der Waals surface area (Å²) in [6.07, 6.45) is 1.36. The van der Waals surface area contributed by atoms with E-state index in [1.807, 2.05) is 6.92 Å². The Labute approximate surface area is 206 Å². The second kappa shape index (κ2) is 10.1. The zero-order valence-electron chi connectivity index (χ0n) is 19.4. The molecule has 4 rings (SSSR count). The summed E-state index contributed by atoms with van der Waals surface area (Å²) in [5, 5.41) is 13.2. The van der Waals surface area contributed by atoms with Gasteiger partial charge in [-0.2, -0.15) is 0 Å². The molecule has 4 amide bonds. The van der Waals surface area contributed by atoms with Crippen molar-refractivity contribution in [1.29, 1.82) is 0 Å². The highest BCUT2D eigenvalue weighted by Gasteiger charge is 2.36. The minimum absolute atomic E-state index is 0.0404. The quantitative estimate of drug-likeness (QED) is 0.403. The standard InChI is InChI=1S/C27H22N2O7/c1-16-6-9-20(10-7-16)29-25(31)21(24(30)28-27(29)34)13-17-8-11-22(23(14-17)35-2)36-15-18-4-3-5-19(12-18)26(32)33/h3-14H,15H2,1-2H3,(H,32,33)(H,28,30,34)/p-1/b21-13-. The van der Waals surface area contributed by atoms with Crippen LogP contribution in [0.25, 0.3) is 6.08 Å². The summed E-state index contributed by atoms with van der Waals surface area (Å²) in [6.45, 7) is 1.95. The Morgan fingerprint density at radius 3 is 2.44 bits per heavy atom. The number of carbonyl (C=O) groups excluding carboxylic acids is 4. The van der Waals surface area contributed by atoms with Crippen LogP contribution in [0.5, 0.6) is 11.5 Å². The van der Waals surface area contributed by atoms with E-state index in [-0.39, 0.29) is 17.7 Å². The number of hydrogen-bond acceptors (Lipinski definition) is 7. The van der Waals surface area contributed by atoms with Crippen LogP contribution in [0.3, 0.4) is 0 Å². The molecule has 1 fully saturated rings. The lowest BCUT2D eigenvalue weighted by Crippen LogP contribution is -2.54. The Morgan fingerprint density at radius 2 is 1.75 bits per heavy atom. The monoisotopic (exact) mass is 485 g/mol. The Hall–Kier alpha value is -4.92. The molecule has 1 N–H and O–H groups in total. The average Bonchev–Trinajstić information content (AvgIpc) is 2.86. The summed E-state index contributed by atoms with van der Waals surface area (Å²) in [5.41, 5.74) is 2.20. The number of aromatic carboxylic acids is 1. The number of ether oxygens (including phenoxy) is 2. The minimum atomic E-state index is -1.28. The summed E-state index contributed by atoms with van der Waals surface area (Å²) < 4.78 is 11.2. The van der Waals surface area contributed by atoms with Gasteiger partial charge in [-0.3, -0.25) is 14.9 Å². The molecule has 9 heteroatoms. The number of nitrogens with one attached hydrogen (secondary N) is 1. The van der Waals surface area contributed by atoms with E-state index in [1.54, 1.807) is 54.6 Å². The van der Waals surface area contributed by atoms with Crippen molar-refractivity contribution in [3.63, 3.8) is 0 Å². The SMILES string of the molecule is COc1cc(/C=C2/C(=O)NC(=O)N(c3ccc(C)cc3)C2=O)ccc1OCc1cccc(C(=O)[O-])c1. The van der Waals surface area contributed by atoms with Crippen molar-refractivity contribution in [3.8, 4) is 11.5 Å². The first-order valence-electron chi connectivity index (χ1n) is 10.9. The number of urea groups is 1. The predicted molar refractivity (Wildman–Crippen MR) is 128 cm³/mol. The van der Waals surface area contributed by atoms with Crippen molar-refractivity contribution in [1.82, 2.24) is 5.32 Å². The van der Waals surface area contributed by atoms with Gasteiger partial charge in [0.05, 0.1) is 18.8 Å². The van der Waals surface area contributed by atoms with E-state index in [0.717, 1.165) is 10.5 Å². The molecule has 182 valence electrons. The molecule has 1 aliphatic rings. The summed E-state index contributed by atoms with van der Waals surface area (Å²) in [6, 6.07) is 16.9. The summed E-state index contributed by atoms with van der Waals surface area (Å²) >= 11 is 0. The van der Waals surface area contributed by atoms with Crippen LogP contribution in [0.15, 0.2) is 72.3 Å². The van der Waals surface area contributed by atoms with E-state index < -0.39 is 23.8 Å². The lowest BCUT2D eigenvalue weighted by atomic mass is 10.1. The Bertz CT molecular complexity index is 1390. The third-order valence-corrected chi connectivity index (χ3v) is 5.45. The molecule has 3 aromatic carbocycles. The van der Waals surface area contributed by atoms with E-state index in [1.165, 1.54) is 25.3 Å². The first kappa shape index (κ1) is 24.2. The summed E-state index contributed by atoms with van der Waals surface area (Å²) in [5.74, 6) is -2.14. The van der Waals surface area contributed by atoms with Crippen molar-refractivity contribution in [2.24, 2.45) is 0 Å². The zero-order chi connectivity index (χ0) is 25.8. The number of amides is 4. The predicted octanol–water partition coefficient (Wildman–Crippen LogP) is 2.61. The molecule has 1 saturated heterocycles. The van der Waals surface area contributed by atoms with Crippen molar-refractivity contribution >= 4 is 35.6 Å². The summed E-state index contributed by atoms with van der Waals surface area (Å²) in [7, 11) is 1.44. The first-order valence-corrected chi connectivity index (χ1v) is 10.9. The second-order valence-electron chi connectivity index (χ2n) is 7.98. The number of aryl methyl sites for hydroxylation is 1. The molecule has 0 unspecified atom stereocenters. The molecule has 36 heavy (non-hydrogen) atoms. The van der Waals surface area contributed by atoms with E-state index in [4.69, 9.17) is 9.47 Å². The number of carboxylic acid groups (broad SMARTS) is 1. The van der Waals surface area contributed by atoms with E-state index in [9.17, 15) is 24.3 Å². The number of hydrogen-bond donors (Lipinski definition) is 1. The van der Waals surface area contributed by atoms with E-state index >= 15 is 0 Å². The molecule has 0 atom stereocenters. The Balaban J connectivity index is 1.57. The molecule has 0 aromatic heterocycles. The number of carbonyl (C=O) groups is 4. The number of methoxy groups -OCH3 is 1.